The van der Waals surface area contributed by atoms with Crippen LogP contribution in [0, 0.1) is 0 Å². The van der Waals surface area contributed by atoms with Gasteiger partial charge >= 0.3 is 11.9 Å². The highest BCUT2D eigenvalue weighted by atomic mass is 32.1. The number of carboxylic acids is 1. The van der Waals surface area contributed by atoms with Gasteiger partial charge in [0.1, 0.15) is 10.6 Å². The molecule has 0 fully saturated rings. The van der Waals surface area contributed by atoms with E-state index >= 15 is 0 Å². The average Bonchev–Trinajstić information content (AvgIpc) is 2.94. The number of carboxylic acid groups (broad SMARTS) is 1. The fourth-order valence-electron chi connectivity index (χ4n) is 1.38. The molecule has 0 atom stereocenters. The van der Waals surface area contributed by atoms with E-state index in [1.54, 1.807) is 18.4 Å². The van der Waals surface area contributed by atoms with Gasteiger partial charge in [-0.05, 0) is 18.4 Å². The number of hydrogen-bond donors (Lipinski definition) is 1. The highest BCUT2D eigenvalue weighted by molar-refractivity contribution is 7.13. The maximum atomic E-state index is 11.0. The molecule has 2 aromatic rings. The molecule has 0 aromatic carbocycles. The molecule has 2 heterocycles. The number of carbonyl (C=O) groups is 1. The standard InChI is InChI=1S/C11H11NO5S/c1-3-16-11-7(10(13)14)12-9(17-11)8-6(15-2)4-5-18-8/h4-5H,3H2,1-2H3,(H,13,14). The quantitative estimate of drug-likeness (QED) is 0.898. The molecule has 0 spiro atoms. The maximum absolute atomic E-state index is 11.0. The van der Waals surface area contributed by atoms with Crippen molar-refractivity contribution >= 4 is 17.3 Å². The topological polar surface area (TPSA) is 81.8 Å². The van der Waals surface area contributed by atoms with E-state index < -0.39 is 5.97 Å². The first-order valence-electron chi connectivity index (χ1n) is 5.16. The predicted molar refractivity (Wildman–Crippen MR) is 64.5 cm³/mol. The van der Waals surface area contributed by atoms with Gasteiger partial charge in [-0.25, -0.2) is 4.79 Å². The first-order chi connectivity index (χ1) is 8.67. The van der Waals surface area contributed by atoms with E-state index in [0.29, 0.717) is 17.2 Å². The van der Waals surface area contributed by atoms with E-state index in [9.17, 15) is 4.79 Å². The van der Waals surface area contributed by atoms with E-state index in [0.717, 1.165) is 0 Å². The molecule has 96 valence electrons. The van der Waals surface area contributed by atoms with Gasteiger partial charge in [0.25, 0.3) is 0 Å². The molecule has 1 N–H and O–H groups in total. The summed E-state index contributed by atoms with van der Waals surface area (Å²) >= 11 is 1.35. The Morgan fingerprint density at radius 2 is 2.39 bits per heavy atom. The second-order valence-corrected chi connectivity index (χ2v) is 4.13. The third-order valence-corrected chi connectivity index (χ3v) is 3.00. The van der Waals surface area contributed by atoms with Crippen molar-refractivity contribution in [2.45, 2.75) is 6.92 Å². The van der Waals surface area contributed by atoms with E-state index in [4.69, 9.17) is 19.0 Å². The molecule has 0 aliphatic rings. The minimum absolute atomic E-state index is 0.0875. The van der Waals surface area contributed by atoms with E-state index in [-0.39, 0.29) is 17.5 Å². The normalized spacial score (nSPS) is 10.3. The van der Waals surface area contributed by atoms with Crippen molar-refractivity contribution in [2.24, 2.45) is 0 Å². The lowest BCUT2D eigenvalue weighted by atomic mass is 10.4. The van der Waals surface area contributed by atoms with Gasteiger partial charge in [-0.2, -0.15) is 4.98 Å². The Morgan fingerprint density at radius 3 is 3.00 bits per heavy atom. The van der Waals surface area contributed by atoms with Crippen molar-refractivity contribution in [2.75, 3.05) is 13.7 Å². The molecular weight excluding hydrogens is 258 g/mol. The van der Waals surface area contributed by atoms with Crippen LogP contribution in [-0.2, 0) is 0 Å². The summed E-state index contributed by atoms with van der Waals surface area (Å²) in [5.41, 5.74) is -0.234. The number of aromatic nitrogens is 1. The van der Waals surface area contributed by atoms with E-state index in [1.807, 2.05) is 0 Å². The molecule has 0 radical (unpaired) electrons. The van der Waals surface area contributed by atoms with Crippen molar-refractivity contribution < 1.29 is 23.8 Å². The first-order valence-corrected chi connectivity index (χ1v) is 6.04. The van der Waals surface area contributed by atoms with Crippen LogP contribution >= 0.6 is 11.3 Å². The molecule has 0 unspecified atom stereocenters. The molecule has 2 rings (SSSR count). The maximum Gasteiger partial charge on any atom is 0.362 e. The number of nitrogens with zero attached hydrogens (tertiary/aromatic N) is 1. The summed E-state index contributed by atoms with van der Waals surface area (Å²) in [7, 11) is 1.52. The zero-order valence-electron chi connectivity index (χ0n) is 9.80. The SMILES string of the molecule is CCOc1oc(-c2sccc2OC)nc1C(=O)O. The molecule has 0 saturated heterocycles. The van der Waals surface area contributed by atoms with Gasteiger partial charge in [0.2, 0.25) is 11.6 Å². The highest BCUT2D eigenvalue weighted by Gasteiger charge is 2.23. The predicted octanol–water partition coefficient (Wildman–Crippen LogP) is 2.51. The summed E-state index contributed by atoms with van der Waals surface area (Å²) in [6.45, 7) is 2.04. The monoisotopic (exact) mass is 269 g/mol. The van der Waals surface area contributed by atoms with Gasteiger partial charge < -0.3 is 19.0 Å². The molecular formula is C11H11NO5S. The molecule has 7 heteroatoms. The number of aromatic carboxylic acids is 1. The van der Waals surface area contributed by atoms with Crippen molar-refractivity contribution in [1.29, 1.82) is 0 Å². The Hall–Kier alpha value is -2.02. The van der Waals surface area contributed by atoms with Gasteiger partial charge in [0.15, 0.2) is 0 Å². The lowest BCUT2D eigenvalue weighted by Gasteiger charge is -1.98. The third kappa shape index (κ3) is 2.17. The van der Waals surface area contributed by atoms with Gasteiger partial charge in [0, 0.05) is 0 Å². The summed E-state index contributed by atoms with van der Waals surface area (Å²) in [4.78, 5) is 15.6. The molecule has 2 aromatic heterocycles. The molecule has 18 heavy (non-hydrogen) atoms. The minimum atomic E-state index is -1.19. The summed E-state index contributed by atoms with van der Waals surface area (Å²) in [6, 6.07) is 1.75. The number of methoxy groups -OCH3 is 1. The Balaban J connectivity index is 2.46. The lowest BCUT2D eigenvalue weighted by Crippen LogP contribution is -2.01. The lowest BCUT2D eigenvalue weighted by molar-refractivity contribution is 0.0683. The summed E-state index contributed by atoms with van der Waals surface area (Å²) < 4.78 is 15.6. The van der Waals surface area contributed by atoms with Gasteiger partial charge in [0.05, 0.1) is 13.7 Å². The number of thiophene rings is 1. The van der Waals surface area contributed by atoms with Crippen LogP contribution in [0.4, 0.5) is 0 Å². The fraction of sp³-hybridized carbons (Fsp3) is 0.273. The Kier molecular flexibility index (Phi) is 3.52. The highest BCUT2D eigenvalue weighted by Crippen LogP contribution is 2.37. The second kappa shape index (κ2) is 5.09. The Bertz CT molecular complexity index is 560. The first kappa shape index (κ1) is 12.4. The zero-order valence-corrected chi connectivity index (χ0v) is 10.6. The van der Waals surface area contributed by atoms with E-state index in [1.165, 1.54) is 18.4 Å². The van der Waals surface area contributed by atoms with Crippen LogP contribution in [0.15, 0.2) is 15.9 Å². The van der Waals surface area contributed by atoms with Crippen molar-refractivity contribution in [3.8, 4) is 22.5 Å². The van der Waals surface area contributed by atoms with Crippen LogP contribution in [0.2, 0.25) is 0 Å². The summed E-state index contributed by atoms with van der Waals surface area (Å²) in [6.07, 6.45) is 0. The molecule has 0 aliphatic heterocycles. The molecule has 6 nitrogen and oxygen atoms in total. The largest absolute Gasteiger partial charge is 0.495 e. The third-order valence-electron chi connectivity index (χ3n) is 2.12. The molecule has 0 aliphatic carbocycles. The average molecular weight is 269 g/mol. The van der Waals surface area contributed by atoms with Crippen LogP contribution in [0.3, 0.4) is 0 Å². The summed E-state index contributed by atoms with van der Waals surface area (Å²) in [5.74, 6) is -0.511. The van der Waals surface area contributed by atoms with Gasteiger partial charge in [-0.15, -0.1) is 11.3 Å². The smallest absolute Gasteiger partial charge is 0.362 e. The van der Waals surface area contributed by atoms with E-state index in [2.05, 4.69) is 4.98 Å². The number of oxazole rings is 1. The van der Waals surface area contributed by atoms with Crippen LogP contribution in [-0.4, -0.2) is 29.8 Å². The van der Waals surface area contributed by atoms with Crippen LogP contribution in [0.25, 0.3) is 10.8 Å². The van der Waals surface area contributed by atoms with Crippen LogP contribution in [0.5, 0.6) is 11.7 Å². The van der Waals surface area contributed by atoms with Gasteiger partial charge in [-0.1, -0.05) is 0 Å². The minimum Gasteiger partial charge on any atom is -0.495 e. The Morgan fingerprint density at radius 1 is 1.61 bits per heavy atom. The number of ether oxygens (including phenoxy) is 2. The summed E-state index contributed by atoms with van der Waals surface area (Å²) in [5, 5.41) is 10.8. The second-order valence-electron chi connectivity index (χ2n) is 3.21. The Labute approximate surface area is 107 Å². The van der Waals surface area contributed by atoms with Crippen molar-refractivity contribution in [3.05, 3.63) is 17.1 Å². The van der Waals surface area contributed by atoms with Crippen molar-refractivity contribution in [3.63, 3.8) is 0 Å². The number of hydrogen-bond acceptors (Lipinski definition) is 6. The van der Waals surface area contributed by atoms with Crippen LogP contribution < -0.4 is 9.47 Å². The van der Waals surface area contributed by atoms with Gasteiger partial charge in [-0.3, -0.25) is 0 Å². The fourth-order valence-corrected chi connectivity index (χ4v) is 2.16. The molecule has 0 bridgehead atoms. The molecule has 0 saturated carbocycles. The van der Waals surface area contributed by atoms with Crippen molar-refractivity contribution in [1.82, 2.24) is 4.98 Å². The number of rotatable bonds is 5. The zero-order chi connectivity index (χ0) is 13.1. The molecule has 0 amide bonds. The van der Waals surface area contributed by atoms with Crippen LogP contribution in [0.1, 0.15) is 17.4 Å².